The molecule has 0 saturated carbocycles. The van der Waals surface area contributed by atoms with Crippen molar-refractivity contribution in [2.24, 2.45) is 0 Å². The Morgan fingerprint density at radius 2 is 0.970 bits per heavy atom. The lowest BCUT2D eigenvalue weighted by molar-refractivity contribution is 1.02. The number of benzene rings is 11. The van der Waals surface area contributed by atoms with Gasteiger partial charge in [0, 0.05) is 44.6 Å². The Morgan fingerprint density at radius 1 is 0.348 bits per heavy atom. The molecule has 306 valence electrons. The normalized spacial score (nSPS) is 13.3. The van der Waals surface area contributed by atoms with Gasteiger partial charge in [0.2, 0.25) is 0 Å². The minimum Gasteiger partial charge on any atom is -0.309 e. The Kier molecular flexibility index (Phi) is 8.01. The highest BCUT2D eigenvalue weighted by Gasteiger charge is 2.34. The highest BCUT2D eigenvalue weighted by atomic mass is 15.0. The molecule has 4 heteroatoms. The zero-order valence-electron chi connectivity index (χ0n) is 35.7. The van der Waals surface area contributed by atoms with Crippen molar-refractivity contribution >= 4 is 64.9 Å². The third-order valence-corrected chi connectivity index (χ3v) is 13.8. The van der Waals surface area contributed by atoms with Crippen LogP contribution in [0.2, 0.25) is 0 Å². The molecule has 0 bridgehead atoms. The molecule has 2 aromatic heterocycles. The number of aromatic nitrogens is 4. The molecule has 1 unspecified atom stereocenters. The summed E-state index contributed by atoms with van der Waals surface area (Å²) in [5, 5.41) is 12.0. The smallest absolute Gasteiger partial charge is 0.164 e. The van der Waals surface area contributed by atoms with E-state index in [9.17, 15) is 0 Å². The third kappa shape index (κ3) is 5.61. The molecule has 11 aromatic carbocycles. The molecule has 13 aromatic rings. The van der Waals surface area contributed by atoms with E-state index in [-0.39, 0.29) is 5.92 Å². The predicted molar refractivity (Wildman–Crippen MR) is 273 cm³/mol. The summed E-state index contributed by atoms with van der Waals surface area (Å²) in [6, 6.07) is 81.3. The standard InChI is InChI=1S/C62H38N4/c1-2-17-41(18-3-1)60-63-61(45-27-26-38-14-4-6-19-42(38)34-45)65-62(64-60)54-37-46(35-44-21-9-10-22-48(44)54)56-50-24-12-13-25-51(50)58-52(56)31-32-53-57-49-23-11-8-16-40(49)29-33-55(57)66(59(53)58)47-30-28-39-15-5-7-20-43(39)36-47/h1-37,56H. The molecule has 0 saturated heterocycles. The molecule has 1 aliphatic carbocycles. The van der Waals surface area contributed by atoms with Crippen LogP contribution in [0.3, 0.4) is 0 Å². The van der Waals surface area contributed by atoms with Gasteiger partial charge in [0.25, 0.3) is 0 Å². The summed E-state index contributed by atoms with van der Waals surface area (Å²) in [4.78, 5) is 15.8. The van der Waals surface area contributed by atoms with E-state index in [0.29, 0.717) is 17.5 Å². The van der Waals surface area contributed by atoms with Crippen LogP contribution in [0, 0.1) is 0 Å². The zero-order valence-corrected chi connectivity index (χ0v) is 35.7. The van der Waals surface area contributed by atoms with Crippen LogP contribution in [-0.2, 0) is 0 Å². The van der Waals surface area contributed by atoms with Crippen molar-refractivity contribution in [2.75, 3.05) is 0 Å². The van der Waals surface area contributed by atoms with E-state index in [4.69, 9.17) is 15.0 Å². The summed E-state index contributed by atoms with van der Waals surface area (Å²) < 4.78 is 2.53. The first-order valence-electron chi connectivity index (χ1n) is 22.6. The zero-order chi connectivity index (χ0) is 43.3. The lowest BCUT2D eigenvalue weighted by Gasteiger charge is -2.18. The Hall–Kier alpha value is -8.73. The third-order valence-electron chi connectivity index (χ3n) is 13.8. The molecular weight excluding hydrogens is 801 g/mol. The molecular formula is C62H38N4. The van der Waals surface area contributed by atoms with Crippen LogP contribution in [0.5, 0.6) is 0 Å². The van der Waals surface area contributed by atoms with Crippen LogP contribution in [0.1, 0.15) is 22.6 Å². The molecule has 1 atom stereocenters. The molecule has 4 nitrogen and oxygen atoms in total. The summed E-state index contributed by atoms with van der Waals surface area (Å²) in [6.07, 6.45) is 0. The molecule has 0 amide bonds. The predicted octanol–water partition coefficient (Wildman–Crippen LogP) is 15.7. The molecule has 0 spiro atoms. The SMILES string of the molecule is c1ccc(-c2nc(-c3ccc4ccccc4c3)nc(-c3cc(C4c5ccccc5-c5c4ccc4c6c7ccccc7ccc6n(-c6ccc7ccccc7c6)c54)cc4ccccc34)n2)cc1. The van der Waals surface area contributed by atoms with Gasteiger partial charge in [0.15, 0.2) is 17.5 Å². The molecule has 66 heavy (non-hydrogen) atoms. The fourth-order valence-electron chi connectivity index (χ4n) is 10.9. The maximum atomic E-state index is 5.34. The van der Waals surface area contributed by atoms with Crippen LogP contribution in [0.25, 0.3) is 116 Å². The maximum Gasteiger partial charge on any atom is 0.164 e. The van der Waals surface area contributed by atoms with Crippen LogP contribution in [0.15, 0.2) is 224 Å². The molecule has 14 rings (SSSR count). The molecule has 0 fully saturated rings. The number of nitrogens with zero attached hydrogens (tertiary/aromatic N) is 4. The Labute approximate surface area is 380 Å². The number of hydrogen-bond acceptors (Lipinski definition) is 3. The van der Waals surface area contributed by atoms with E-state index in [0.717, 1.165) is 38.5 Å². The lowest BCUT2D eigenvalue weighted by Crippen LogP contribution is -2.03. The van der Waals surface area contributed by atoms with Crippen molar-refractivity contribution in [1.29, 1.82) is 0 Å². The van der Waals surface area contributed by atoms with Crippen LogP contribution in [0.4, 0.5) is 0 Å². The summed E-state index contributed by atoms with van der Waals surface area (Å²) in [6.45, 7) is 0. The van der Waals surface area contributed by atoms with Gasteiger partial charge < -0.3 is 4.57 Å². The number of fused-ring (bicyclic) bond motifs is 12. The Morgan fingerprint density at radius 3 is 1.79 bits per heavy atom. The molecule has 0 radical (unpaired) electrons. The first-order valence-corrected chi connectivity index (χ1v) is 22.6. The summed E-state index contributed by atoms with van der Waals surface area (Å²) in [7, 11) is 0. The fourth-order valence-corrected chi connectivity index (χ4v) is 10.9. The van der Waals surface area contributed by atoms with Gasteiger partial charge in [-0.3, -0.25) is 0 Å². The number of rotatable bonds is 5. The summed E-state index contributed by atoms with van der Waals surface area (Å²) in [5.74, 6) is 1.90. The second-order valence-electron chi connectivity index (χ2n) is 17.5. The van der Waals surface area contributed by atoms with Crippen molar-refractivity contribution in [3.8, 4) is 51.0 Å². The van der Waals surface area contributed by atoms with E-state index in [1.54, 1.807) is 0 Å². The van der Waals surface area contributed by atoms with E-state index in [1.807, 2.05) is 18.2 Å². The van der Waals surface area contributed by atoms with Gasteiger partial charge in [-0.25, -0.2) is 15.0 Å². The molecule has 1 aliphatic rings. The van der Waals surface area contributed by atoms with Gasteiger partial charge in [-0.2, -0.15) is 0 Å². The first kappa shape index (κ1) is 36.7. The largest absolute Gasteiger partial charge is 0.309 e. The van der Waals surface area contributed by atoms with Gasteiger partial charge in [-0.05, 0) is 95.7 Å². The van der Waals surface area contributed by atoms with Crippen LogP contribution in [-0.4, -0.2) is 19.5 Å². The van der Waals surface area contributed by atoms with Gasteiger partial charge in [0.05, 0.1) is 11.0 Å². The van der Waals surface area contributed by atoms with Crippen molar-refractivity contribution in [2.45, 2.75) is 5.92 Å². The van der Waals surface area contributed by atoms with Crippen molar-refractivity contribution < 1.29 is 0 Å². The average Bonchev–Trinajstić information content (AvgIpc) is 3.91. The van der Waals surface area contributed by atoms with Crippen LogP contribution < -0.4 is 0 Å². The topological polar surface area (TPSA) is 43.6 Å². The van der Waals surface area contributed by atoms with Crippen molar-refractivity contribution in [1.82, 2.24) is 19.5 Å². The minimum absolute atomic E-state index is 0.0424. The fraction of sp³-hybridized carbons (Fsp3) is 0.0161. The quantitative estimate of drug-likeness (QED) is 0.173. The Balaban J connectivity index is 1.03. The number of hydrogen-bond donors (Lipinski definition) is 0. The van der Waals surface area contributed by atoms with Crippen LogP contribution >= 0.6 is 0 Å². The summed E-state index contributed by atoms with van der Waals surface area (Å²) in [5.41, 5.74) is 12.8. The summed E-state index contributed by atoms with van der Waals surface area (Å²) >= 11 is 0. The Bertz CT molecular complexity index is 4130. The average molecular weight is 839 g/mol. The van der Waals surface area contributed by atoms with E-state index < -0.39 is 0 Å². The lowest BCUT2D eigenvalue weighted by atomic mass is 9.86. The van der Waals surface area contributed by atoms with E-state index >= 15 is 0 Å². The second kappa shape index (κ2) is 14.4. The highest BCUT2D eigenvalue weighted by molar-refractivity contribution is 6.24. The van der Waals surface area contributed by atoms with Gasteiger partial charge >= 0.3 is 0 Å². The van der Waals surface area contributed by atoms with Crippen molar-refractivity contribution in [3.63, 3.8) is 0 Å². The second-order valence-corrected chi connectivity index (χ2v) is 17.5. The van der Waals surface area contributed by atoms with E-state index in [1.165, 1.54) is 76.6 Å². The first-order chi connectivity index (χ1) is 32.7. The maximum absolute atomic E-state index is 5.34. The van der Waals surface area contributed by atoms with Crippen molar-refractivity contribution in [3.05, 3.63) is 241 Å². The molecule has 0 N–H and O–H groups in total. The van der Waals surface area contributed by atoms with E-state index in [2.05, 4.69) is 211 Å². The van der Waals surface area contributed by atoms with Gasteiger partial charge in [-0.1, -0.05) is 194 Å². The molecule has 2 heterocycles. The van der Waals surface area contributed by atoms with Gasteiger partial charge in [-0.15, -0.1) is 0 Å². The highest BCUT2D eigenvalue weighted by Crippen LogP contribution is 2.54. The minimum atomic E-state index is -0.0424. The monoisotopic (exact) mass is 838 g/mol. The van der Waals surface area contributed by atoms with Gasteiger partial charge in [0.1, 0.15) is 0 Å². The molecule has 0 aliphatic heterocycles.